The molecule has 0 unspecified atom stereocenters. The molecule has 6 heteroatoms. The second kappa shape index (κ2) is 5.86. The Morgan fingerprint density at radius 2 is 1.97 bits per heavy atom. The molecule has 1 aromatic rings. The van der Waals surface area contributed by atoms with Crippen molar-refractivity contribution in [1.82, 2.24) is 0 Å². The third-order valence-corrected chi connectivity index (χ3v) is 7.68. The van der Waals surface area contributed by atoms with E-state index in [0.717, 1.165) is 12.8 Å². The van der Waals surface area contributed by atoms with Crippen LogP contribution in [0.1, 0.15) is 44.7 Å². The molecule has 2 spiro atoms. The molecule has 2 aliphatic heterocycles. The topological polar surface area (TPSA) is 96.2 Å². The lowest BCUT2D eigenvalue weighted by Gasteiger charge is -2.59. The third-order valence-electron chi connectivity index (χ3n) is 7.68. The van der Waals surface area contributed by atoms with E-state index in [2.05, 4.69) is 6.92 Å². The molecule has 154 valence electrons. The first-order valence-corrected chi connectivity index (χ1v) is 10.2. The van der Waals surface area contributed by atoms with Crippen molar-refractivity contribution in [2.24, 2.45) is 23.2 Å². The molecule has 2 fully saturated rings. The second-order valence-electron chi connectivity index (χ2n) is 9.00. The fraction of sp³-hybridized carbons (Fsp3) is 0.522. The normalized spacial score (nSPS) is 37.9. The maximum Gasteiger partial charge on any atom is 0.251 e. The summed E-state index contributed by atoms with van der Waals surface area (Å²) in [5.74, 6) is -1.38. The van der Waals surface area contributed by atoms with Crippen LogP contribution in [0.5, 0.6) is 11.5 Å². The average molecular weight is 398 g/mol. The van der Waals surface area contributed by atoms with Crippen LogP contribution in [0.25, 0.3) is 6.08 Å². The van der Waals surface area contributed by atoms with Gasteiger partial charge < -0.3 is 24.8 Å². The molecule has 1 aromatic carbocycles. The Bertz CT molecular complexity index is 991. The summed E-state index contributed by atoms with van der Waals surface area (Å²) in [5.41, 5.74) is 1.19. The number of carbonyl (C=O) groups is 1. The third kappa shape index (κ3) is 2.01. The van der Waals surface area contributed by atoms with Crippen LogP contribution in [0.15, 0.2) is 29.0 Å². The molecule has 2 aliphatic carbocycles. The molecule has 5 atom stereocenters. The van der Waals surface area contributed by atoms with E-state index in [9.17, 15) is 20.1 Å². The van der Waals surface area contributed by atoms with Crippen molar-refractivity contribution in [1.29, 1.82) is 0 Å². The number of ketones is 1. The number of aromatic hydroxyl groups is 1. The molecular formula is C23H26O6. The quantitative estimate of drug-likeness (QED) is 0.670. The largest absolute Gasteiger partial charge is 0.508 e. The molecule has 0 aromatic heterocycles. The minimum Gasteiger partial charge on any atom is -0.508 e. The van der Waals surface area contributed by atoms with E-state index >= 15 is 0 Å². The molecule has 0 amide bonds. The monoisotopic (exact) mass is 398 g/mol. The van der Waals surface area contributed by atoms with E-state index in [1.807, 2.05) is 13.0 Å². The fourth-order valence-electron chi connectivity index (χ4n) is 6.34. The zero-order valence-electron chi connectivity index (χ0n) is 16.9. The van der Waals surface area contributed by atoms with Crippen molar-refractivity contribution in [2.75, 3.05) is 6.61 Å². The van der Waals surface area contributed by atoms with Crippen molar-refractivity contribution in [3.8, 4) is 11.5 Å². The SMILES string of the molecule is CC1=C(O)C(=O)[C@@]23[C@H](C)CC[C@@H]2[C@H](C)CO[C@]32Oc3cc(O)cc(CO)c3C=C12. The highest BCUT2D eigenvalue weighted by molar-refractivity contribution is 6.04. The molecule has 1 saturated heterocycles. The van der Waals surface area contributed by atoms with E-state index < -0.39 is 11.2 Å². The Morgan fingerprint density at radius 1 is 1.21 bits per heavy atom. The summed E-state index contributed by atoms with van der Waals surface area (Å²) in [6.45, 7) is 6.00. The zero-order valence-corrected chi connectivity index (χ0v) is 16.9. The lowest BCUT2D eigenvalue weighted by Crippen LogP contribution is -2.70. The number of aliphatic hydroxyl groups excluding tert-OH is 2. The molecule has 5 rings (SSSR count). The van der Waals surface area contributed by atoms with E-state index in [1.54, 1.807) is 6.92 Å². The zero-order chi connectivity index (χ0) is 20.7. The van der Waals surface area contributed by atoms with Crippen LogP contribution in [0.4, 0.5) is 0 Å². The fourth-order valence-corrected chi connectivity index (χ4v) is 6.34. The first-order valence-electron chi connectivity index (χ1n) is 10.2. The van der Waals surface area contributed by atoms with Gasteiger partial charge in [0.25, 0.3) is 5.79 Å². The summed E-state index contributed by atoms with van der Waals surface area (Å²) in [6, 6.07) is 2.99. The number of carbonyl (C=O) groups excluding carboxylic acids is 1. The number of phenolic OH excluding ortho intramolecular Hbond substituents is 1. The van der Waals surface area contributed by atoms with Gasteiger partial charge in [0.1, 0.15) is 16.9 Å². The van der Waals surface area contributed by atoms with Crippen LogP contribution < -0.4 is 4.74 Å². The van der Waals surface area contributed by atoms with Crippen molar-refractivity contribution in [2.45, 2.75) is 46.0 Å². The van der Waals surface area contributed by atoms with Gasteiger partial charge in [0.05, 0.1) is 13.2 Å². The first-order chi connectivity index (χ1) is 13.8. The number of ether oxygens (including phenoxy) is 2. The summed E-state index contributed by atoms with van der Waals surface area (Å²) < 4.78 is 13.0. The van der Waals surface area contributed by atoms with Crippen LogP contribution in [0, 0.1) is 23.2 Å². The van der Waals surface area contributed by atoms with Gasteiger partial charge in [0.2, 0.25) is 5.78 Å². The van der Waals surface area contributed by atoms with Crippen LogP contribution in [0.2, 0.25) is 0 Å². The number of Topliss-reactive ketones (excluding diaryl/α,β-unsaturated/α-hetero) is 1. The highest BCUT2D eigenvalue weighted by atomic mass is 16.7. The second-order valence-corrected chi connectivity index (χ2v) is 9.00. The molecule has 29 heavy (non-hydrogen) atoms. The number of rotatable bonds is 1. The van der Waals surface area contributed by atoms with Gasteiger partial charge in [-0.3, -0.25) is 4.79 Å². The van der Waals surface area contributed by atoms with Gasteiger partial charge in [0, 0.05) is 22.8 Å². The van der Waals surface area contributed by atoms with Crippen molar-refractivity contribution in [3.63, 3.8) is 0 Å². The summed E-state index contributed by atoms with van der Waals surface area (Å²) in [4.78, 5) is 13.7. The van der Waals surface area contributed by atoms with Gasteiger partial charge in [0.15, 0.2) is 5.76 Å². The van der Waals surface area contributed by atoms with Gasteiger partial charge in [-0.1, -0.05) is 13.8 Å². The highest BCUT2D eigenvalue weighted by Gasteiger charge is 2.75. The van der Waals surface area contributed by atoms with Gasteiger partial charge in [-0.25, -0.2) is 0 Å². The first kappa shape index (κ1) is 18.7. The number of hydrogen-bond donors (Lipinski definition) is 3. The van der Waals surface area contributed by atoms with Gasteiger partial charge in [-0.15, -0.1) is 0 Å². The summed E-state index contributed by atoms with van der Waals surface area (Å²) >= 11 is 0. The number of allylic oxidation sites excluding steroid dienone is 1. The maximum absolute atomic E-state index is 13.7. The molecule has 0 radical (unpaired) electrons. The van der Waals surface area contributed by atoms with Gasteiger partial charge >= 0.3 is 0 Å². The number of fused-ring (bicyclic) bond motifs is 1. The molecule has 6 nitrogen and oxygen atoms in total. The standard InChI is InChI=1S/C23H26O6/c1-11-10-28-23-18(8-16-14(9-24)6-15(25)7-19(16)29-23)13(3)20(26)21(27)22(23)12(2)4-5-17(11)22/h6-8,11-12,17,24-26H,4-5,9-10H2,1-3H3/t11-,12-,17-,22-,23-/m1/s1. The Morgan fingerprint density at radius 3 is 2.69 bits per heavy atom. The molecule has 4 aliphatic rings. The number of phenols is 1. The van der Waals surface area contributed by atoms with Crippen LogP contribution in [-0.2, 0) is 16.1 Å². The Kier molecular flexibility index (Phi) is 3.78. The smallest absolute Gasteiger partial charge is 0.251 e. The van der Waals surface area contributed by atoms with E-state index in [0.29, 0.717) is 34.6 Å². The van der Waals surface area contributed by atoms with Gasteiger partial charge in [-0.2, -0.15) is 0 Å². The maximum atomic E-state index is 13.7. The van der Waals surface area contributed by atoms with Crippen LogP contribution >= 0.6 is 0 Å². The number of hydrogen-bond acceptors (Lipinski definition) is 6. The van der Waals surface area contributed by atoms with E-state index in [-0.39, 0.29) is 41.7 Å². The Labute approximate surface area is 169 Å². The average Bonchev–Trinajstić information content (AvgIpc) is 3.06. The molecule has 3 N–H and O–H groups in total. The molecule has 2 heterocycles. The number of aliphatic hydroxyl groups is 2. The summed E-state index contributed by atoms with van der Waals surface area (Å²) in [7, 11) is 0. The molecule has 0 bridgehead atoms. The number of benzene rings is 1. The van der Waals surface area contributed by atoms with Crippen molar-refractivity contribution < 1.29 is 29.6 Å². The van der Waals surface area contributed by atoms with Crippen molar-refractivity contribution >= 4 is 11.9 Å². The van der Waals surface area contributed by atoms with Crippen LogP contribution in [-0.4, -0.2) is 33.5 Å². The lowest BCUT2D eigenvalue weighted by atomic mass is 9.53. The molecular weight excluding hydrogens is 372 g/mol. The summed E-state index contributed by atoms with van der Waals surface area (Å²) in [6.07, 6.45) is 3.57. The minimum atomic E-state index is -1.35. The lowest BCUT2D eigenvalue weighted by molar-refractivity contribution is -0.282. The van der Waals surface area contributed by atoms with E-state index in [4.69, 9.17) is 9.47 Å². The predicted octanol–water partition coefficient (Wildman–Crippen LogP) is 3.47. The van der Waals surface area contributed by atoms with Crippen molar-refractivity contribution in [3.05, 3.63) is 40.2 Å². The Hall–Kier alpha value is -2.31. The summed E-state index contributed by atoms with van der Waals surface area (Å²) in [5, 5.41) is 30.8. The van der Waals surface area contributed by atoms with Gasteiger partial charge in [-0.05, 0) is 55.2 Å². The highest BCUT2D eigenvalue weighted by Crippen LogP contribution is 2.67. The predicted molar refractivity (Wildman–Crippen MR) is 105 cm³/mol. The van der Waals surface area contributed by atoms with Crippen LogP contribution in [0.3, 0.4) is 0 Å². The Balaban J connectivity index is 1.86. The minimum absolute atomic E-state index is 0.0208. The van der Waals surface area contributed by atoms with E-state index in [1.165, 1.54) is 12.1 Å². The molecule has 1 saturated carbocycles.